The maximum Gasteiger partial charge on any atom is 0.429 e. The van der Waals surface area contributed by atoms with Gasteiger partial charge in [0.2, 0.25) is 5.91 Å². The van der Waals surface area contributed by atoms with Crippen LogP contribution in [-0.4, -0.2) is 32.8 Å². The average molecular weight is 212 g/mol. The third-order valence-corrected chi connectivity index (χ3v) is 1.53. The van der Waals surface area contributed by atoms with Gasteiger partial charge in [-0.25, -0.2) is 4.57 Å². The highest BCUT2D eigenvalue weighted by Gasteiger charge is 2.21. The van der Waals surface area contributed by atoms with E-state index in [9.17, 15) is 14.2 Å². The number of rotatable bonds is 4. The number of carboxylic acids is 1. The van der Waals surface area contributed by atoms with Crippen LogP contribution >= 0.6 is 7.75 Å². The van der Waals surface area contributed by atoms with Crippen LogP contribution in [0.25, 0.3) is 0 Å². The Morgan fingerprint density at radius 3 is 2.23 bits per heavy atom. The molecule has 0 radical (unpaired) electrons. The van der Waals surface area contributed by atoms with Gasteiger partial charge in [-0.2, -0.15) is 0 Å². The van der Waals surface area contributed by atoms with Crippen molar-refractivity contribution >= 4 is 19.6 Å². The molecule has 0 aliphatic heterocycles. The van der Waals surface area contributed by atoms with Crippen LogP contribution in [0.3, 0.4) is 0 Å². The number of nitrogens with two attached hydrogens (primary N) is 1. The fourth-order valence-electron chi connectivity index (χ4n) is 0.495. The van der Waals surface area contributed by atoms with Gasteiger partial charge in [-0.3, -0.25) is 14.7 Å². The second-order valence-corrected chi connectivity index (χ2v) is 3.54. The molecule has 0 fully saturated rings. The van der Waals surface area contributed by atoms with Crippen LogP contribution in [0.1, 0.15) is 6.42 Å². The molecule has 13 heavy (non-hydrogen) atoms. The van der Waals surface area contributed by atoms with Gasteiger partial charge >= 0.3 is 13.7 Å². The van der Waals surface area contributed by atoms with Gasteiger partial charge in [0.25, 0.3) is 0 Å². The van der Waals surface area contributed by atoms with Crippen molar-refractivity contribution in [2.45, 2.75) is 12.5 Å². The summed E-state index contributed by atoms with van der Waals surface area (Å²) in [6.07, 6.45) is -0.680. The van der Waals surface area contributed by atoms with E-state index in [1.165, 1.54) is 5.09 Å². The molecule has 0 aromatic heterocycles. The molecular weight excluding hydrogens is 203 g/mol. The van der Waals surface area contributed by atoms with Crippen molar-refractivity contribution < 1.29 is 29.0 Å². The number of aliphatic carboxylic acids is 1. The summed E-state index contributed by atoms with van der Waals surface area (Å²) in [6.45, 7) is 0. The van der Waals surface area contributed by atoms with Crippen LogP contribution in [0.4, 0.5) is 0 Å². The first-order valence-electron chi connectivity index (χ1n) is 3.07. The predicted octanol–water partition coefficient (Wildman–Crippen LogP) is -2.00. The lowest BCUT2D eigenvalue weighted by Crippen LogP contribution is -2.36. The van der Waals surface area contributed by atoms with Crippen molar-refractivity contribution in [2.24, 2.45) is 5.73 Å². The molecule has 0 unspecified atom stereocenters. The van der Waals surface area contributed by atoms with E-state index in [4.69, 9.17) is 20.6 Å². The van der Waals surface area contributed by atoms with E-state index >= 15 is 0 Å². The molecule has 0 rings (SSSR count). The maximum absolute atomic E-state index is 10.6. The summed E-state index contributed by atoms with van der Waals surface area (Å²) < 4.78 is 10.2. The van der Waals surface area contributed by atoms with E-state index < -0.39 is 32.1 Å². The first-order valence-corrected chi connectivity index (χ1v) is 4.68. The smallest absolute Gasteiger partial charge is 0.429 e. The zero-order valence-corrected chi connectivity index (χ0v) is 7.27. The highest BCUT2D eigenvalue weighted by Crippen LogP contribution is 2.27. The number of carbonyl (C=O) groups is 2. The summed E-state index contributed by atoms with van der Waals surface area (Å²) >= 11 is 0. The number of hydrogen-bond acceptors (Lipinski definition) is 4. The standard InChI is InChI=1S/C4H9N2O6P/c5-2(4(8)9)1-3(7)6-13(10,11)12/h2H,1,5H2,(H,8,9)(H3,6,7,10,11,12)/t2-/m0/s1. The molecule has 0 saturated heterocycles. The van der Waals surface area contributed by atoms with Crippen molar-refractivity contribution in [3.8, 4) is 0 Å². The molecule has 0 aliphatic rings. The Labute approximate surface area is 72.9 Å². The van der Waals surface area contributed by atoms with Crippen LogP contribution in [0, 0.1) is 0 Å². The molecule has 76 valence electrons. The van der Waals surface area contributed by atoms with Crippen molar-refractivity contribution in [2.75, 3.05) is 0 Å². The van der Waals surface area contributed by atoms with Gasteiger partial charge < -0.3 is 20.6 Å². The Balaban J connectivity index is 4.03. The third kappa shape index (κ3) is 6.23. The second kappa shape index (κ2) is 4.33. The lowest BCUT2D eigenvalue weighted by atomic mass is 10.2. The molecule has 1 amide bonds. The first kappa shape index (κ1) is 12.0. The van der Waals surface area contributed by atoms with Crippen LogP contribution in [0.5, 0.6) is 0 Å². The van der Waals surface area contributed by atoms with Gasteiger partial charge in [0.05, 0.1) is 6.42 Å². The topological polar surface area (TPSA) is 150 Å². The van der Waals surface area contributed by atoms with E-state index in [1.807, 2.05) is 0 Å². The minimum atomic E-state index is -4.66. The average Bonchev–Trinajstić information content (AvgIpc) is 1.81. The van der Waals surface area contributed by atoms with E-state index in [0.717, 1.165) is 0 Å². The summed E-state index contributed by atoms with van der Waals surface area (Å²) in [6, 6.07) is -1.47. The third-order valence-electron chi connectivity index (χ3n) is 0.993. The van der Waals surface area contributed by atoms with Gasteiger partial charge in [-0.05, 0) is 0 Å². The summed E-state index contributed by atoms with van der Waals surface area (Å²) in [5, 5.41) is 9.52. The Morgan fingerprint density at radius 2 is 1.92 bits per heavy atom. The molecule has 0 spiro atoms. The SMILES string of the molecule is N[C@@H](CC(=O)NP(=O)(O)O)C(=O)O. The summed E-state index contributed by atoms with van der Waals surface area (Å²) in [5.74, 6) is -2.52. The normalized spacial score (nSPS) is 13.5. The van der Waals surface area contributed by atoms with Crippen LogP contribution in [0.2, 0.25) is 0 Å². The van der Waals surface area contributed by atoms with Gasteiger partial charge in [0.15, 0.2) is 0 Å². The van der Waals surface area contributed by atoms with E-state index in [-0.39, 0.29) is 0 Å². The maximum atomic E-state index is 10.6. The highest BCUT2D eigenvalue weighted by atomic mass is 31.2. The Bertz CT molecular complexity index is 259. The zero-order chi connectivity index (χ0) is 10.6. The van der Waals surface area contributed by atoms with Crippen molar-refractivity contribution in [3.63, 3.8) is 0 Å². The molecule has 0 saturated carbocycles. The molecule has 0 aromatic rings. The van der Waals surface area contributed by atoms with Crippen LogP contribution < -0.4 is 10.8 Å². The Morgan fingerprint density at radius 1 is 1.46 bits per heavy atom. The minimum Gasteiger partial charge on any atom is -0.480 e. The number of carboxylic acid groups (broad SMARTS) is 1. The van der Waals surface area contributed by atoms with Crippen LogP contribution in [0.15, 0.2) is 0 Å². The van der Waals surface area contributed by atoms with Crippen molar-refractivity contribution in [1.29, 1.82) is 0 Å². The molecule has 8 nitrogen and oxygen atoms in total. The number of carbonyl (C=O) groups excluding carboxylic acids is 1. The monoisotopic (exact) mass is 212 g/mol. The molecule has 0 bridgehead atoms. The van der Waals surface area contributed by atoms with Gasteiger partial charge in [0.1, 0.15) is 6.04 Å². The lowest BCUT2D eigenvalue weighted by Gasteiger charge is -2.07. The predicted molar refractivity (Wildman–Crippen MR) is 40.4 cm³/mol. The molecule has 1 atom stereocenters. The summed E-state index contributed by atoms with van der Waals surface area (Å²) in [5.41, 5.74) is 4.92. The largest absolute Gasteiger partial charge is 0.480 e. The second-order valence-electron chi connectivity index (χ2n) is 2.23. The summed E-state index contributed by atoms with van der Waals surface area (Å²) in [7, 11) is -4.66. The van der Waals surface area contributed by atoms with E-state index in [0.29, 0.717) is 0 Å². The number of amides is 1. The fraction of sp³-hybridized carbons (Fsp3) is 0.500. The number of hydrogen-bond donors (Lipinski definition) is 5. The molecule has 0 aromatic carbocycles. The molecule has 9 heteroatoms. The minimum absolute atomic E-state index is 0.680. The van der Waals surface area contributed by atoms with Crippen LogP contribution in [-0.2, 0) is 14.2 Å². The van der Waals surface area contributed by atoms with Gasteiger partial charge in [-0.15, -0.1) is 0 Å². The van der Waals surface area contributed by atoms with Gasteiger partial charge in [0, 0.05) is 0 Å². The van der Waals surface area contributed by atoms with E-state index in [2.05, 4.69) is 0 Å². The molecule has 0 heterocycles. The summed E-state index contributed by atoms with van der Waals surface area (Å²) in [4.78, 5) is 37.2. The van der Waals surface area contributed by atoms with Crippen molar-refractivity contribution in [1.82, 2.24) is 5.09 Å². The molecule has 0 aliphatic carbocycles. The zero-order valence-electron chi connectivity index (χ0n) is 6.38. The quantitative estimate of drug-likeness (QED) is 0.338. The highest BCUT2D eigenvalue weighted by molar-refractivity contribution is 7.50. The van der Waals surface area contributed by atoms with Gasteiger partial charge in [-0.1, -0.05) is 0 Å². The molecular formula is C4H9N2O6P. The van der Waals surface area contributed by atoms with Crippen molar-refractivity contribution in [3.05, 3.63) is 0 Å². The Hall–Kier alpha value is -0.950. The van der Waals surface area contributed by atoms with E-state index in [1.54, 1.807) is 0 Å². The number of nitrogens with one attached hydrogen (secondary N) is 1. The fourth-order valence-corrected chi connectivity index (χ4v) is 0.911. The first-order chi connectivity index (χ1) is 5.72. The molecule has 6 N–H and O–H groups in total. The Kier molecular flexibility index (Phi) is 4.02. The lowest BCUT2D eigenvalue weighted by molar-refractivity contribution is -0.140.